The highest BCUT2D eigenvalue weighted by atomic mass is 16.5. The van der Waals surface area contributed by atoms with Gasteiger partial charge < -0.3 is 19.9 Å². The molecule has 1 aromatic carbocycles. The number of amides is 3. The van der Waals surface area contributed by atoms with Crippen molar-refractivity contribution >= 4 is 23.4 Å². The summed E-state index contributed by atoms with van der Waals surface area (Å²) in [4.78, 5) is 40.8. The van der Waals surface area contributed by atoms with E-state index in [1.807, 2.05) is 28.0 Å². The van der Waals surface area contributed by atoms with Gasteiger partial charge >= 0.3 is 0 Å². The molecule has 7 nitrogen and oxygen atoms in total. The average Bonchev–Trinajstić information content (AvgIpc) is 2.81. The lowest BCUT2D eigenvalue weighted by molar-refractivity contribution is -0.142. The Labute approximate surface area is 190 Å². The second-order valence-corrected chi connectivity index (χ2v) is 9.51. The number of benzene rings is 1. The maximum Gasteiger partial charge on any atom is 0.225 e. The Bertz CT molecular complexity index is 848. The van der Waals surface area contributed by atoms with E-state index in [0.717, 1.165) is 55.8 Å². The summed E-state index contributed by atoms with van der Waals surface area (Å²) < 4.78 is 5.83. The number of carbonyl (C=O) groups excluding carboxylic acids is 3. The molecule has 4 rings (SSSR count). The third kappa shape index (κ3) is 5.61. The van der Waals surface area contributed by atoms with Crippen LogP contribution in [0, 0.1) is 11.8 Å². The zero-order valence-electron chi connectivity index (χ0n) is 19.1. The van der Waals surface area contributed by atoms with Gasteiger partial charge in [-0.25, -0.2) is 0 Å². The fourth-order valence-corrected chi connectivity index (χ4v) is 5.04. The highest BCUT2D eigenvalue weighted by Gasteiger charge is 2.31. The molecule has 0 radical (unpaired) electrons. The summed E-state index contributed by atoms with van der Waals surface area (Å²) in [6.45, 7) is 5.83. The predicted molar refractivity (Wildman–Crippen MR) is 122 cm³/mol. The van der Waals surface area contributed by atoms with Crippen LogP contribution in [0.15, 0.2) is 18.2 Å². The van der Waals surface area contributed by atoms with E-state index in [1.165, 1.54) is 6.42 Å². The molecule has 7 heteroatoms. The van der Waals surface area contributed by atoms with Gasteiger partial charge in [0.1, 0.15) is 5.75 Å². The molecule has 0 aromatic heterocycles. The van der Waals surface area contributed by atoms with Gasteiger partial charge in [-0.2, -0.15) is 0 Å². The van der Waals surface area contributed by atoms with Crippen molar-refractivity contribution in [3.05, 3.63) is 23.8 Å². The minimum atomic E-state index is 0.0548. The van der Waals surface area contributed by atoms with E-state index < -0.39 is 0 Å². The summed E-state index contributed by atoms with van der Waals surface area (Å²) in [5, 5.41) is 2.87. The van der Waals surface area contributed by atoms with Crippen LogP contribution in [-0.4, -0.2) is 60.3 Å². The first-order valence-electron chi connectivity index (χ1n) is 12.1. The van der Waals surface area contributed by atoms with Gasteiger partial charge in [0.2, 0.25) is 17.7 Å². The van der Waals surface area contributed by atoms with Crippen molar-refractivity contribution in [3.63, 3.8) is 0 Å². The molecule has 174 valence electrons. The SMILES string of the molecule is CC1CCCN(C(=O)C2CCN(C(=O)CCCOc3ccc4c(c3)CCC(=O)N4)CC2)C1. The van der Waals surface area contributed by atoms with Crippen LogP contribution in [0.3, 0.4) is 0 Å². The monoisotopic (exact) mass is 441 g/mol. The van der Waals surface area contributed by atoms with E-state index >= 15 is 0 Å². The van der Waals surface area contributed by atoms with E-state index in [1.54, 1.807) is 0 Å². The lowest BCUT2D eigenvalue weighted by Crippen LogP contribution is -2.47. The van der Waals surface area contributed by atoms with Crippen molar-refractivity contribution in [3.8, 4) is 5.75 Å². The van der Waals surface area contributed by atoms with Gasteiger partial charge in [0.25, 0.3) is 0 Å². The average molecular weight is 442 g/mol. The molecule has 2 saturated heterocycles. The quantitative estimate of drug-likeness (QED) is 0.688. The number of anilines is 1. The van der Waals surface area contributed by atoms with Crippen LogP contribution in [0.2, 0.25) is 0 Å². The number of hydrogen-bond acceptors (Lipinski definition) is 4. The molecule has 0 spiro atoms. The molecular formula is C25H35N3O4. The summed E-state index contributed by atoms with van der Waals surface area (Å²) in [5.74, 6) is 1.94. The zero-order valence-corrected chi connectivity index (χ0v) is 19.1. The minimum absolute atomic E-state index is 0.0548. The standard InChI is InChI=1S/C25H35N3O4/c1-18-4-2-12-28(17-18)25(31)19-10-13-27(14-11-19)24(30)5-3-15-32-21-7-8-22-20(16-21)6-9-23(29)26-22/h7-8,16,18-19H,2-6,9-15,17H2,1H3,(H,26,29). The Morgan fingerprint density at radius 3 is 2.69 bits per heavy atom. The third-order valence-electron chi connectivity index (χ3n) is 6.94. The van der Waals surface area contributed by atoms with Crippen LogP contribution < -0.4 is 10.1 Å². The number of piperidine rings is 2. The van der Waals surface area contributed by atoms with Crippen molar-refractivity contribution in [2.75, 3.05) is 38.1 Å². The fraction of sp³-hybridized carbons (Fsp3) is 0.640. The van der Waals surface area contributed by atoms with E-state index in [-0.39, 0.29) is 17.7 Å². The first-order valence-corrected chi connectivity index (χ1v) is 12.1. The van der Waals surface area contributed by atoms with Gasteiger partial charge in [-0.3, -0.25) is 14.4 Å². The van der Waals surface area contributed by atoms with Crippen molar-refractivity contribution in [1.29, 1.82) is 0 Å². The minimum Gasteiger partial charge on any atom is -0.494 e. The number of likely N-dealkylation sites (tertiary alicyclic amines) is 2. The van der Waals surface area contributed by atoms with E-state index in [4.69, 9.17) is 4.74 Å². The van der Waals surface area contributed by atoms with Crippen LogP contribution in [0.25, 0.3) is 0 Å². The molecule has 3 heterocycles. The number of ether oxygens (including phenoxy) is 1. The Morgan fingerprint density at radius 1 is 1.09 bits per heavy atom. The van der Waals surface area contributed by atoms with Gasteiger partial charge in [0.05, 0.1) is 6.61 Å². The van der Waals surface area contributed by atoms with Crippen LogP contribution >= 0.6 is 0 Å². The smallest absolute Gasteiger partial charge is 0.225 e. The maximum atomic E-state index is 12.8. The van der Waals surface area contributed by atoms with Crippen LogP contribution in [0.5, 0.6) is 5.75 Å². The molecule has 0 aliphatic carbocycles. The number of nitrogens with zero attached hydrogens (tertiary/aromatic N) is 2. The Balaban J connectivity index is 1.15. The van der Waals surface area contributed by atoms with E-state index in [2.05, 4.69) is 12.2 Å². The van der Waals surface area contributed by atoms with Crippen molar-refractivity contribution < 1.29 is 19.1 Å². The molecule has 0 saturated carbocycles. The van der Waals surface area contributed by atoms with Crippen molar-refractivity contribution in [1.82, 2.24) is 9.80 Å². The molecule has 0 bridgehead atoms. The molecule has 32 heavy (non-hydrogen) atoms. The highest BCUT2D eigenvalue weighted by Crippen LogP contribution is 2.27. The molecule has 3 aliphatic rings. The van der Waals surface area contributed by atoms with Crippen LogP contribution in [0.4, 0.5) is 5.69 Å². The molecule has 2 fully saturated rings. The maximum absolute atomic E-state index is 12.8. The third-order valence-corrected chi connectivity index (χ3v) is 6.94. The Morgan fingerprint density at radius 2 is 1.91 bits per heavy atom. The molecule has 3 amide bonds. The number of carbonyl (C=O) groups is 3. The number of nitrogens with one attached hydrogen (secondary N) is 1. The highest BCUT2D eigenvalue weighted by molar-refractivity contribution is 5.94. The van der Waals surface area contributed by atoms with Gasteiger partial charge in [0.15, 0.2) is 0 Å². The molecule has 1 unspecified atom stereocenters. The summed E-state index contributed by atoms with van der Waals surface area (Å²) in [6, 6.07) is 5.71. The van der Waals surface area contributed by atoms with Crippen LogP contribution in [0.1, 0.15) is 57.4 Å². The number of fused-ring (bicyclic) bond motifs is 1. The lowest BCUT2D eigenvalue weighted by atomic mass is 9.92. The zero-order chi connectivity index (χ0) is 22.5. The topological polar surface area (TPSA) is 79.0 Å². The normalized spacial score (nSPS) is 21.7. The van der Waals surface area contributed by atoms with Crippen molar-refractivity contribution in [2.24, 2.45) is 11.8 Å². The molecule has 1 aromatic rings. The summed E-state index contributed by atoms with van der Waals surface area (Å²) in [6.07, 6.45) is 6.23. The summed E-state index contributed by atoms with van der Waals surface area (Å²) in [5.41, 5.74) is 1.95. The van der Waals surface area contributed by atoms with Gasteiger partial charge in [-0.15, -0.1) is 0 Å². The molecule has 1 N–H and O–H groups in total. The predicted octanol–water partition coefficient (Wildman–Crippen LogP) is 3.23. The summed E-state index contributed by atoms with van der Waals surface area (Å²) in [7, 11) is 0. The van der Waals surface area contributed by atoms with E-state index in [0.29, 0.717) is 50.8 Å². The van der Waals surface area contributed by atoms with Crippen molar-refractivity contribution in [2.45, 2.75) is 58.3 Å². The second-order valence-electron chi connectivity index (χ2n) is 9.51. The Kier molecular flexibility index (Phi) is 7.33. The second kappa shape index (κ2) is 10.4. The fourth-order valence-electron chi connectivity index (χ4n) is 5.04. The van der Waals surface area contributed by atoms with Crippen LogP contribution in [-0.2, 0) is 20.8 Å². The molecule has 1 atom stereocenters. The largest absolute Gasteiger partial charge is 0.494 e. The number of aryl methyl sites for hydroxylation is 1. The number of rotatable bonds is 6. The summed E-state index contributed by atoms with van der Waals surface area (Å²) >= 11 is 0. The number of hydrogen-bond donors (Lipinski definition) is 1. The molecular weight excluding hydrogens is 406 g/mol. The lowest BCUT2D eigenvalue weighted by Gasteiger charge is -2.37. The van der Waals surface area contributed by atoms with Gasteiger partial charge in [-0.05, 0) is 68.2 Å². The first kappa shape index (κ1) is 22.6. The Hall–Kier alpha value is -2.57. The van der Waals surface area contributed by atoms with Gasteiger partial charge in [-0.1, -0.05) is 6.92 Å². The van der Waals surface area contributed by atoms with Gasteiger partial charge in [0, 0.05) is 50.6 Å². The first-order chi connectivity index (χ1) is 15.5. The molecule has 3 aliphatic heterocycles. The van der Waals surface area contributed by atoms with E-state index in [9.17, 15) is 14.4 Å².